The van der Waals surface area contributed by atoms with E-state index < -0.39 is 5.91 Å². The number of hydrogen-bond acceptors (Lipinski definition) is 6. The molecule has 112 valence electrons. The van der Waals surface area contributed by atoms with E-state index in [1.165, 1.54) is 28.4 Å². The molecule has 1 amide bonds. The van der Waals surface area contributed by atoms with E-state index in [1.807, 2.05) is 19.9 Å². The number of fused-ring (bicyclic) bond motifs is 1. The Morgan fingerprint density at radius 3 is 2.77 bits per heavy atom. The summed E-state index contributed by atoms with van der Waals surface area (Å²) >= 11 is 1.41. The van der Waals surface area contributed by atoms with Crippen molar-refractivity contribution in [2.75, 3.05) is 5.32 Å². The second-order valence-electron chi connectivity index (χ2n) is 4.77. The molecule has 1 N–H and O–H groups in total. The molecule has 0 saturated carbocycles. The number of rotatable bonds is 3. The molecule has 0 fully saturated rings. The fourth-order valence-electron chi connectivity index (χ4n) is 2.11. The Balaban J connectivity index is 1.89. The highest BCUT2D eigenvalue weighted by atomic mass is 32.1. The van der Waals surface area contributed by atoms with Crippen molar-refractivity contribution in [3.8, 4) is 0 Å². The second kappa shape index (κ2) is 5.64. The zero-order chi connectivity index (χ0) is 15.7. The van der Waals surface area contributed by atoms with Gasteiger partial charge in [-0.2, -0.15) is 5.10 Å². The van der Waals surface area contributed by atoms with Crippen molar-refractivity contribution in [2.24, 2.45) is 0 Å². The first-order valence-corrected chi connectivity index (χ1v) is 7.41. The van der Waals surface area contributed by atoms with Crippen molar-refractivity contribution >= 4 is 33.3 Å². The lowest BCUT2D eigenvalue weighted by Gasteiger charge is -2.06. The number of nitrogens with one attached hydrogen (secondary N) is 1. The summed E-state index contributed by atoms with van der Waals surface area (Å²) in [4.78, 5) is 33.2. The van der Waals surface area contributed by atoms with Crippen LogP contribution in [0.5, 0.6) is 0 Å². The summed E-state index contributed by atoms with van der Waals surface area (Å²) in [7, 11) is 0. The number of hydrogen-bond donors (Lipinski definition) is 1. The van der Waals surface area contributed by atoms with Gasteiger partial charge >= 0.3 is 0 Å². The highest BCUT2D eigenvalue weighted by molar-refractivity contribution is 7.18. The van der Waals surface area contributed by atoms with Gasteiger partial charge in [-0.1, -0.05) is 0 Å². The van der Waals surface area contributed by atoms with Crippen LogP contribution in [0.15, 0.2) is 29.3 Å². The summed E-state index contributed by atoms with van der Waals surface area (Å²) in [5.74, 6) is -0.196. The third kappa shape index (κ3) is 2.73. The predicted molar refractivity (Wildman–Crippen MR) is 84.0 cm³/mol. The summed E-state index contributed by atoms with van der Waals surface area (Å²) in [6.07, 6.45) is 3.05. The van der Waals surface area contributed by atoms with Crippen LogP contribution in [-0.4, -0.2) is 25.7 Å². The lowest BCUT2D eigenvalue weighted by molar-refractivity contribution is -0.117. The van der Waals surface area contributed by atoms with Crippen molar-refractivity contribution in [2.45, 2.75) is 20.4 Å². The van der Waals surface area contributed by atoms with Gasteiger partial charge in [-0.3, -0.25) is 14.9 Å². The molecule has 22 heavy (non-hydrogen) atoms. The first-order chi connectivity index (χ1) is 10.5. The third-order valence-corrected chi connectivity index (χ3v) is 4.09. The van der Waals surface area contributed by atoms with Crippen molar-refractivity contribution in [1.29, 1.82) is 0 Å². The summed E-state index contributed by atoms with van der Waals surface area (Å²) in [5.41, 5.74) is 0.463. The summed E-state index contributed by atoms with van der Waals surface area (Å²) < 4.78 is 1.79. The van der Waals surface area contributed by atoms with Crippen LogP contribution in [0, 0.1) is 13.8 Å². The van der Waals surface area contributed by atoms with Crippen LogP contribution in [-0.2, 0) is 11.3 Å². The molecule has 0 spiro atoms. The molecule has 0 radical (unpaired) electrons. The molecule has 3 heterocycles. The van der Waals surface area contributed by atoms with Gasteiger partial charge in [-0.05, 0) is 26.0 Å². The predicted octanol–water partition coefficient (Wildman–Crippen LogP) is 1.50. The monoisotopic (exact) mass is 315 g/mol. The fraction of sp³-hybridized carbons (Fsp3) is 0.214. The number of anilines is 1. The molecule has 0 bridgehead atoms. The minimum atomic E-state index is -0.396. The summed E-state index contributed by atoms with van der Waals surface area (Å²) in [6.45, 7) is 3.58. The van der Waals surface area contributed by atoms with E-state index in [0.29, 0.717) is 4.70 Å². The first-order valence-electron chi connectivity index (χ1n) is 6.59. The molecule has 3 aromatic rings. The molecule has 0 aliphatic rings. The van der Waals surface area contributed by atoms with Crippen LogP contribution in [0.4, 0.5) is 5.95 Å². The normalized spacial score (nSPS) is 10.8. The van der Waals surface area contributed by atoms with Crippen molar-refractivity contribution in [1.82, 2.24) is 19.7 Å². The van der Waals surface area contributed by atoms with E-state index in [1.54, 1.807) is 6.07 Å². The molecule has 0 unspecified atom stereocenters. The third-order valence-electron chi connectivity index (χ3n) is 3.05. The van der Waals surface area contributed by atoms with Gasteiger partial charge in [0.2, 0.25) is 11.9 Å². The Hall–Kier alpha value is -2.61. The van der Waals surface area contributed by atoms with Crippen LogP contribution >= 0.6 is 11.3 Å². The Morgan fingerprint density at radius 1 is 1.32 bits per heavy atom. The number of aryl methyl sites for hydroxylation is 2. The average molecular weight is 315 g/mol. The maximum absolute atomic E-state index is 12.4. The number of thiophene rings is 1. The highest BCUT2D eigenvalue weighted by Crippen LogP contribution is 2.23. The highest BCUT2D eigenvalue weighted by Gasteiger charge is 2.13. The smallest absolute Gasteiger partial charge is 0.285 e. The SMILES string of the molecule is Cc1cc2c(C)nn(CC(=O)Nc3ncccn3)c(=O)c2s1. The van der Waals surface area contributed by atoms with E-state index in [-0.39, 0.29) is 18.1 Å². The van der Waals surface area contributed by atoms with Crippen LogP contribution in [0.2, 0.25) is 0 Å². The van der Waals surface area contributed by atoms with E-state index in [4.69, 9.17) is 0 Å². The number of amides is 1. The van der Waals surface area contributed by atoms with Crippen molar-refractivity contribution in [3.63, 3.8) is 0 Å². The van der Waals surface area contributed by atoms with Gasteiger partial charge in [0.1, 0.15) is 11.2 Å². The lowest BCUT2D eigenvalue weighted by atomic mass is 10.2. The van der Waals surface area contributed by atoms with Gasteiger partial charge in [-0.25, -0.2) is 14.6 Å². The molecule has 0 aliphatic carbocycles. The van der Waals surface area contributed by atoms with Crippen molar-refractivity contribution in [3.05, 3.63) is 45.5 Å². The minimum Gasteiger partial charge on any atom is -0.293 e. The molecular weight excluding hydrogens is 302 g/mol. The van der Waals surface area contributed by atoms with Gasteiger partial charge in [0, 0.05) is 22.7 Å². The van der Waals surface area contributed by atoms with Crippen LogP contribution in [0.1, 0.15) is 10.6 Å². The molecule has 0 aliphatic heterocycles. The quantitative estimate of drug-likeness (QED) is 0.791. The molecule has 3 aromatic heterocycles. The molecule has 0 saturated heterocycles. The van der Waals surface area contributed by atoms with Gasteiger partial charge in [-0.15, -0.1) is 11.3 Å². The Kier molecular flexibility index (Phi) is 3.68. The Labute approximate surface area is 129 Å². The molecule has 7 nitrogen and oxygen atoms in total. The lowest BCUT2D eigenvalue weighted by Crippen LogP contribution is -2.30. The number of carbonyl (C=O) groups is 1. The number of carbonyl (C=O) groups excluding carboxylic acids is 1. The standard InChI is InChI=1S/C14H13N5O2S/c1-8-6-10-9(2)18-19(13(21)12(10)22-8)7-11(20)17-14-15-4-3-5-16-14/h3-6H,7H2,1-2H3,(H,15,16,17,20). The zero-order valence-corrected chi connectivity index (χ0v) is 12.8. The van der Waals surface area contributed by atoms with Gasteiger partial charge in [0.15, 0.2) is 0 Å². The van der Waals surface area contributed by atoms with Crippen LogP contribution in [0.25, 0.3) is 10.1 Å². The van der Waals surface area contributed by atoms with Gasteiger partial charge in [0.05, 0.1) is 5.69 Å². The summed E-state index contributed by atoms with van der Waals surface area (Å²) in [5, 5.41) is 7.58. The van der Waals surface area contributed by atoms with Gasteiger partial charge in [0.25, 0.3) is 5.56 Å². The maximum Gasteiger partial charge on any atom is 0.285 e. The summed E-state index contributed by atoms with van der Waals surface area (Å²) in [6, 6.07) is 3.59. The number of aromatic nitrogens is 4. The molecular formula is C14H13N5O2S. The molecule has 3 rings (SSSR count). The zero-order valence-electron chi connectivity index (χ0n) is 12.0. The van der Waals surface area contributed by atoms with E-state index in [9.17, 15) is 9.59 Å². The second-order valence-corrected chi connectivity index (χ2v) is 6.02. The topological polar surface area (TPSA) is 89.8 Å². The molecule has 8 heteroatoms. The minimum absolute atomic E-state index is 0.176. The average Bonchev–Trinajstić information content (AvgIpc) is 2.88. The van der Waals surface area contributed by atoms with Crippen LogP contribution in [0.3, 0.4) is 0 Å². The van der Waals surface area contributed by atoms with Crippen molar-refractivity contribution < 1.29 is 4.79 Å². The van der Waals surface area contributed by atoms with Crippen LogP contribution < -0.4 is 10.9 Å². The number of nitrogens with zero attached hydrogens (tertiary/aromatic N) is 4. The van der Waals surface area contributed by atoms with E-state index in [0.717, 1.165) is 16.0 Å². The Bertz CT molecular complexity index is 901. The first kappa shape index (κ1) is 14.3. The van der Waals surface area contributed by atoms with E-state index in [2.05, 4.69) is 20.4 Å². The van der Waals surface area contributed by atoms with Gasteiger partial charge < -0.3 is 0 Å². The largest absolute Gasteiger partial charge is 0.293 e. The Morgan fingerprint density at radius 2 is 2.05 bits per heavy atom. The fourth-order valence-corrected chi connectivity index (χ4v) is 3.12. The van der Waals surface area contributed by atoms with E-state index >= 15 is 0 Å². The molecule has 0 aromatic carbocycles. The maximum atomic E-state index is 12.4. The molecule has 0 atom stereocenters.